The van der Waals surface area contributed by atoms with E-state index in [1.165, 1.54) is 12.4 Å². The van der Waals surface area contributed by atoms with Gasteiger partial charge in [0.05, 0.1) is 30.3 Å². The molecule has 0 atom stereocenters. The predicted octanol–water partition coefficient (Wildman–Crippen LogP) is 1.75. The first kappa shape index (κ1) is 24.9. The van der Waals surface area contributed by atoms with Crippen molar-refractivity contribution in [2.24, 2.45) is 4.99 Å². The van der Waals surface area contributed by atoms with Crippen LogP contribution in [0.3, 0.4) is 0 Å². The number of nitrogens with one attached hydrogen (secondary N) is 3. The molecule has 0 saturated heterocycles. The van der Waals surface area contributed by atoms with Crippen molar-refractivity contribution in [3.63, 3.8) is 0 Å². The van der Waals surface area contributed by atoms with Gasteiger partial charge in [-0.2, -0.15) is 15.2 Å². The summed E-state index contributed by atoms with van der Waals surface area (Å²) in [7, 11) is 0. The van der Waals surface area contributed by atoms with E-state index in [1.54, 1.807) is 0 Å². The van der Waals surface area contributed by atoms with Crippen LogP contribution in [0.4, 0.5) is 5.82 Å². The van der Waals surface area contributed by atoms with Crippen LogP contribution in [0.15, 0.2) is 31.5 Å². The highest BCUT2D eigenvalue weighted by molar-refractivity contribution is 5.70. The fraction of sp³-hybridized carbons (Fsp3) is 0.417. The van der Waals surface area contributed by atoms with Crippen LogP contribution in [-0.2, 0) is 38.8 Å². The third kappa shape index (κ3) is 4.92. The van der Waals surface area contributed by atoms with E-state index in [-0.39, 0.29) is 29.9 Å². The van der Waals surface area contributed by atoms with E-state index in [0.717, 1.165) is 28.9 Å². The number of nitrogens with zero attached hydrogens (tertiary/aromatic N) is 6. The lowest BCUT2D eigenvalue weighted by molar-refractivity contribution is 0.449. The molecule has 0 aliphatic heterocycles. The highest BCUT2D eigenvalue weighted by Crippen LogP contribution is 2.14. The minimum absolute atomic E-state index is 0.125. The summed E-state index contributed by atoms with van der Waals surface area (Å²) in [6, 6.07) is 0. The second-order valence-electron chi connectivity index (χ2n) is 8.12. The van der Waals surface area contributed by atoms with Gasteiger partial charge in [0, 0.05) is 17.7 Å². The van der Waals surface area contributed by atoms with Gasteiger partial charge in [0.1, 0.15) is 11.2 Å². The van der Waals surface area contributed by atoms with Crippen molar-refractivity contribution < 1.29 is 4.52 Å². The first-order valence-corrected chi connectivity index (χ1v) is 12.0. The minimum atomic E-state index is -0.268. The Morgan fingerprint density at radius 3 is 2.14 bits per heavy atom. The maximum atomic E-state index is 12.5. The van der Waals surface area contributed by atoms with Crippen molar-refractivity contribution in [1.82, 2.24) is 35.5 Å². The van der Waals surface area contributed by atoms with Crippen molar-refractivity contribution in [2.75, 3.05) is 5.32 Å². The number of aromatic nitrogens is 7. The zero-order valence-corrected chi connectivity index (χ0v) is 20.8. The van der Waals surface area contributed by atoms with Gasteiger partial charge in [0.25, 0.3) is 16.8 Å². The smallest absolute Gasteiger partial charge is 0.269 e. The van der Waals surface area contributed by atoms with Crippen LogP contribution >= 0.6 is 0 Å². The van der Waals surface area contributed by atoms with E-state index in [9.17, 15) is 9.59 Å². The van der Waals surface area contributed by atoms with Crippen LogP contribution in [0.1, 0.15) is 61.3 Å². The number of H-pyrrole nitrogens is 2. The summed E-state index contributed by atoms with van der Waals surface area (Å²) >= 11 is 0. The molecule has 0 aliphatic carbocycles. The number of hydrogen-bond donors (Lipinski definition) is 3. The second kappa shape index (κ2) is 11.0. The van der Waals surface area contributed by atoms with Crippen molar-refractivity contribution in [2.45, 2.75) is 66.5 Å². The zero-order chi connectivity index (χ0) is 25.7. The van der Waals surface area contributed by atoms with Crippen molar-refractivity contribution >= 4 is 16.9 Å². The number of anilines is 1. The first-order valence-electron chi connectivity index (χ1n) is 12.0. The van der Waals surface area contributed by atoms with Crippen molar-refractivity contribution in [3.05, 3.63) is 72.2 Å². The Labute approximate surface area is 206 Å². The number of aryl methyl sites for hydroxylation is 2. The van der Waals surface area contributed by atoms with Crippen LogP contribution in [0.2, 0.25) is 0 Å². The maximum Gasteiger partial charge on any atom is 0.269 e. The van der Waals surface area contributed by atoms with Gasteiger partial charge in [-0.25, -0.2) is 15.2 Å². The molecule has 3 N–H and O–H groups in total. The number of aromatic amines is 2. The van der Waals surface area contributed by atoms with Crippen molar-refractivity contribution in [1.29, 1.82) is 0 Å². The number of fused-ring (bicyclic) bond motifs is 1. The molecule has 4 aromatic heterocycles. The Kier molecular flexibility index (Phi) is 7.62. The van der Waals surface area contributed by atoms with Crippen LogP contribution in [0.25, 0.3) is 11.1 Å². The Balaban J connectivity index is 1.70. The number of rotatable bonds is 9. The van der Waals surface area contributed by atoms with Gasteiger partial charge >= 0.3 is 0 Å². The molecule has 12 heteroatoms. The van der Waals surface area contributed by atoms with Crippen LogP contribution in [0.5, 0.6) is 0 Å². The van der Waals surface area contributed by atoms with Gasteiger partial charge < -0.3 is 9.84 Å². The van der Waals surface area contributed by atoms with E-state index < -0.39 is 0 Å². The quantitative estimate of drug-likeness (QED) is 0.316. The molecule has 0 fully saturated rings. The maximum absolute atomic E-state index is 12.5. The third-order valence-corrected chi connectivity index (χ3v) is 6.09. The van der Waals surface area contributed by atoms with E-state index in [4.69, 9.17) is 4.52 Å². The molecule has 0 amide bonds. The highest BCUT2D eigenvalue weighted by Gasteiger charge is 2.14. The molecule has 0 aliphatic rings. The zero-order valence-electron chi connectivity index (χ0n) is 20.8. The molecule has 188 valence electrons. The lowest BCUT2D eigenvalue weighted by atomic mass is 10.0. The summed E-state index contributed by atoms with van der Waals surface area (Å²) in [6.45, 7) is 8.33. The molecule has 12 nitrogen and oxygen atoms in total. The third-order valence-electron chi connectivity index (χ3n) is 6.09. The molecule has 0 saturated carbocycles. The van der Waals surface area contributed by atoms with Gasteiger partial charge in [-0.05, 0) is 36.8 Å². The lowest BCUT2D eigenvalue weighted by Gasteiger charge is -2.11. The van der Waals surface area contributed by atoms with Gasteiger partial charge in [-0.1, -0.05) is 32.9 Å². The molecule has 4 rings (SSSR count). The Morgan fingerprint density at radius 1 is 0.861 bits per heavy atom. The van der Waals surface area contributed by atoms with Gasteiger partial charge in [0.2, 0.25) is 0 Å². The SMILES string of the molecule is CCc1n[nH]c(=O)c(CN=c2ncc(NCc3c(CC)c(CC)n[nH]c3=O)nc3oncc23)c1CC. The van der Waals surface area contributed by atoms with Gasteiger partial charge in [-0.3, -0.25) is 14.6 Å². The average molecular weight is 492 g/mol. The summed E-state index contributed by atoms with van der Waals surface area (Å²) in [5.41, 5.74) is 4.75. The van der Waals surface area contributed by atoms with Crippen LogP contribution in [-0.4, -0.2) is 35.5 Å². The molecule has 4 heterocycles. The summed E-state index contributed by atoms with van der Waals surface area (Å²) in [5, 5.41) is 20.9. The molecule has 0 bridgehead atoms. The molecule has 0 unspecified atom stereocenters. The highest BCUT2D eigenvalue weighted by atomic mass is 16.5. The number of hydrogen-bond acceptors (Lipinski definition) is 10. The van der Waals surface area contributed by atoms with Crippen LogP contribution < -0.4 is 21.9 Å². The van der Waals surface area contributed by atoms with E-state index >= 15 is 0 Å². The summed E-state index contributed by atoms with van der Waals surface area (Å²) in [5.74, 6) is 0.388. The molecule has 0 aromatic carbocycles. The average Bonchev–Trinajstić information content (AvgIpc) is 3.28. The van der Waals surface area contributed by atoms with E-state index in [1.807, 2.05) is 27.7 Å². The Bertz CT molecular complexity index is 1570. The fourth-order valence-corrected chi connectivity index (χ4v) is 4.24. The first-order chi connectivity index (χ1) is 17.5. The molecular formula is C24H29N9O3. The largest absolute Gasteiger partial charge is 0.364 e. The Morgan fingerprint density at radius 2 is 1.50 bits per heavy atom. The fourth-order valence-electron chi connectivity index (χ4n) is 4.24. The van der Waals surface area contributed by atoms with E-state index in [0.29, 0.717) is 47.1 Å². The van der Waals surface area contributed by atoms with Gasteiger partial charge in [0.15, 0.2) is 5.49 Å². The summed E-state index contributed by atoms with van der Waals surface area (Å²) in [6.07, 6.45) is 5.80. The molecule has 0 spiro atoms. The van der Waals surface area contributed by atoms with E-state index in [2.05, 4.69) is 45.8 Å². The normalized spacial score (nSPS) is 11.8. The summed E-state index contributed by atoms with van der Waals surface area (Å²) in [4.78, 5) is 38.5. The standard InChI is InChI=1S/C24H29N9O3/c1-5-13-15(22(34)32-30-18(13)7-3)9-25-20-12-27-21(17-11-28-36-24(17)29-20)26-10-16-14(6-2)19(8-4)31-33-23(16)35/h11-12H,5-10H2,1-4H3,(H,25,29)(H,32,34)(H,33,35). The van der Waals surface area contributed by atoms with Crippen molar-refractivity contribution in [3.8, 4) is 0 Å². The summed E-state index contributed by atoms with van der Waals surface area (Å²) < 4.78 is 5.32. The lowest BCUT2D eigenvalue weighted by Crippen LogP contribution is -2.22. The monoisotopic (exact) mass is 491 g/mol. The second-order valence-corrected chi connectivity index (χ2v) is 8.12. The molecule has 36 heavy (non-hydrogen) atoms. The van der Waals surface area contributed by atoms with Gasteiger partial charge in [-0.15, -0.1) is 0 Å². The Hall–Kier alpha value is -4.22. The topological polar surface area (TPSA) is 168 Å². The molecular weight excluding hydrogens is 462 g/mol. The molecule has 0 radical (unpaired) electrons. The molecule has 4 aromatic rings. The van der Waals surface area contributed by atoms with Crippen LogP contribution in [0, 0.1) is 0 Å². The predicted molar refractivity (Wildman–Crippen MR) is 133 cm³/mol. The minimum Gasteiger partial charge on any atom is -0.364 e.